The van der Waals surface area contributed by atoms with Crippen LogP contribution in [0.25, 0.3) is 0 Å². The number of hydrogen-bond donors (Lipinski definition) is 9. The van der Waals surface area contributed by atoms with Crippen LogP contribution in [0.15, 0.2) is 97.1 Å². The number of esters is 4. The molecule has 6 rings (SSSR count). The summed E-state index contributed by atoms with van der Waals surface area (Å²) in [6.07, 6.45) is -2.52. The van der Waals surface area contributed by atoms with Crippen LogP contribution in [0.1, 0.15) is 88.5 Å². The molecular formula is C70H105N7O17. The van der Waals surface area contributed by atoms with Crippen molar-refractivity contribution >= 4 is 23.9 Å². The SMILES string of the molecule is CC(C)(c1ccc(OCC(O)COC(=O)CCNCCN2CCNCC2)cc1)c1ccc(OCC(O)COC(=O)CCN(CCCCO)CCC(=O)OCC(O)COc2ccc(C(C)(C)c3ccc(OCC(O)COC(=O)CCNCCN4CCNCC4)cc3)cc2)cc1. The van der Waals surface area contributed by atoms with Crippen molar-refractivity contribution in [1.29, 1.82) is 0 Å². The quantitative estimate of drug-likeness (QED) is 0.0175. The van der Waals surface area contributed by atoms with Gasteiger partial charge in [0.1, 0.15) is 100 Å². The highest BCUT2D eigenvalue weighted by Crippen LogP contribution is 2.35. The molecule has 0 bridgehead atoms. The standard InChI is InChI=1S/C70H105N7O17/c1-69(2,53-7-15-61(16-8-53)87-45-57(79)49-91-65(83)23-27-71-29-38-76-40-31-73-32-41-76)55-11-19-63(20-12-55)89-47-59(81)51-93-67(85)25-36-75(35-5-6-44-78)37-26-68(86)94-52-60(82)48-90-64-21-13-56(14-22-64)70(3,4)54-9-17-62(18-10-54)88-46-58(80)50-92-66(84)24-28-72-30-39-77-42-33-74-34-43-77/h7-22,57-60,71-74,78-82H,5-6,23-52H2,1-4H3. The summed E-state index contributed by atoms with van der Waals surface area (Å²) in [5, 5.41) is 64.6. The van der Waals surface area contributed by atoms with E-state index in [1.54, 1.807) is 0 Å². The van der Waals surface area contributed by atoms with E-state index in [1.165, 1.54) is 0 Å². The Hall–Kier alpha value is -6.52. The van der Waals surface area contributed by atoms with Crippen molar-refractivity contribution in [1.82, 2.24) is 36.0 Å². The van der Waals surface area contributed by atoms with Gasteiger partial charge in [-0.2, -0.15) is 0 Å². The smallest absolute Gasteiger partial charge is 0.307 e. The highest BCUT2D eigenvalue weighted by atomic mass is 16.6. The van der Waals surface area contributed by atoms with Crippen LogP contribution in [-0.4, -0.2) is 259 Å². The first-order chi connectivity index (χ1) is 45.4. The molecule has 0 spiro atoms. The Morgan fingerprint density at radius 2 is 0.713 bits per heavy atom. The summed E-state index contributed by atoms with van der Waals surface area (Å²) in [5.41, 5.74) is 3.27. The molecule has 0 radical (unpaired) electrons. The Balaban J connectivity index is 0.797. The molecule has 4 aromatic rings. The number of benzene rings is 4. The van der Waals surface area contributed by atoms with Gasteiger partial charge in [0.05, 0.1) is 25.7 Å². The average molecular weight is 1320 g/mol. The van der Waals surface area contributed by atoms with Crippen molar-refractivity contribution in [2.45, 2.75) is 101 Å². The maximum absolute atomic E-state index is 12.8. The van der Waals surface area contributed by atoms with Crippen molar-refractivity contribution in [3.63, 3.8) is 0 Å². The zero-order valence-electron chi connectivity index (χ0n) is 55.7. The lowest BCUT2D eigenvalue weighted by atomic mass is 9.78. The first-order valence-corrected chi connectivity index (χ1v) is 33.2. The van der Waals surface area contributed by atoms with Crippen LogP contribution in [0.4, 0.5) is 0 Å². The molecule has 2 aliphatic rings. The number of unbranched alkanes of at least 4 members (excludes halogenated alkanes) is 1. The molecular weight excluding hydrogens is 1210 g/mol. The average Bonchev–Trinajstić information content (AvgIpc) is 0.835. The number of ether oxygens (including phenoxy) is 8. The van der Waals surface area contributed by atoms with Crippen LogP contribution in [0.2, 0.25) is 0 Å². The monoisotopic (exact) mass is 1320 g/mol. The van der Waals surface area contributed by atoms with Gasteiger partial charge in [0.2, 0.25) is 0 Å². The van der Waals surface area contributed by atoms with Gasteiger partial charge in [0, 0.05) is 122 Å². The normalized spacial score (nSPS) is 15.3. The van der Waals surface area contributed by atoms with E-state index in [-0.39, 0.29) is 110 Å². The van der Waals surface area contributed by atoms with Crippen molar-refractivity contribution in [2.75, 3.05) is 171 Å². The number of aliphatic hydroxyl groups is 5. The fraction of sp³-hybridized carbons (Fsp3) is 0.600. The van der Waals surface area contributed by atoms with E-state index >= 15 is 0 Å². The second-order valence-corrected chi connectivity index (χ2v) is 24.9. The topological polar surface area (TPSA) is 301 Å². The first kappa shape index (κ1) is 76.5. The molecule has 4 unspecified atom stereocenters. The summed E-state index contributed by atoms with van der Waals surface area (Å²) >= 11 is 0. The molecule has 2 aliphatic heterocycles. The van der Waals surface area contributed by atoms with E-state index in [2.05, 4.69) is 58.8 Å². The molecule has 4 atom stereocenters. The largest absolute Gasteiger partial charge is 0.491 e. The van der Waals surface area contributed by atoms with E-state index < -0.39 is 47.2 Å². The molecule has 522 valence electrons. The number of aliphatic hydroxyl groups excluding tert-OH is 5. The van der Waals surface area contributed by atoms with Gasteiger partial charge in [-0.15, -0.1) is 0 Å². The predicted octanol–water partition coefficient (Wildman–Crippen LogP) is 2.79. The highest BCUT2D eigenvalue weighted by molar-refractivity contribution is 5.71. The zero-order valence-corrected chi connectivity index (χ0v) is 55.7. The molecule has 4 aromatic carbocycles. The van der Waals surface area contributed by atoms with Gasteiger partial charge in [0.15, 0.2) is 0 Å². The number of carbonyl (C=O) groups excluding carboxylic acids is 4. The van der Waals surface area contributed by atoms with Crippen LogP contribution in [0.3, 0.4) is 0 Å². The number of carbonyl (C=O) groups is 4. The maximum Gasteiger partial charge on any atom is 0.307 e. The van der Waals surface area contributed by atoms with E-state index in [9.17, 15) is 44.7 Å². The van der Waals surface area contributed by atoms with Crippen molar-refractivity contribution < 1.29 is 82.6 Å². The highest BCUT2D eigenvalue weighted by Gasteiger charge is 2.26. The third-order valence-corrected chi connectivity index (χ3v) is 16.6. The van der Waals surface area contributed by atoms with Gasteiger partial charge in [-0.25, -0.2) is 0 Å². The lowest BCUT2D eigenvalue weighted by Gasteiger charge is -2.27. The Labute approximate surface area is 554 Å². The molecule has 0 amide bonds. The number of rotatable bonds is 46. The van der Waals surface area contributed by atoms with E-state index in [0.717, 1.165) is 101 Å². The van der Waals surface area contributed by atoms with Gasteiger partial charge >= 0.3 is 23.9 Å². The Kier molecular flexibility index (Phi) is 34.3. The molecule has 2 heterocycles. The Bertz CT molecular complexity index is 2590. The van der Waals surface area contributed by atoms with Gasteiger partial charge in [0.25, 0.3) is 0 Å². The Morgan fingerprint density at radius 3 is 1.00 bits per heavy atom. The zero-order chi connectivity index (χ0) is 67.4. The molecule has 24 nitrogen and oxygen atoms in total. The van der Waals surface area contributed by atoms with Crippen LogP contribution in [-0.2, 0) is 49.0 Å². The summed E-state index contributed by atoms with van der Waals surface area (Å²) in [4.78, 5) is 56.6. The molecule has 2 saturated heterocycles. The lowest BCUT2D eigenvalue weighted by Crippen LogP contribution is -2.45. The summed E-state index contributed by atoms with van der Waals surface area (Å²) < 4.78 is 44.4. The molecule has 0 aromatic heterocycles. The first-order valence-electron chi connectivity index (χ1n) is 33.2. The third kappa shape index (κ3) is 29.2. The van der Waals surface area contributed by atoms with Gasteiger partial charge in [-0.05, 0) is 90.2 Å². The summed E-state index contributed by atoms with van der Waals surface area (Å²) in [6.45, 7) is 20.9. The minimum atomic E-state index is -1.09. The molecule has 0 saturated carbocycles. The van der Waals surface area contributed by atoms with E-state index in [0.29, 0.717) is 55.5 Å². The molecule has 24 heteroatoms. The van der Waals surface area contributed by atoms with Crippen LogP contribution in [0, 0.1) is 0 Å². The van der Waals surface area contributed by atoms with Crippen molar-refractivity contribution in [3.8, 4) is 23.0 Å². The van der Waals surface area contributed by atoms with Crippen molar-refractivity contribution in [3.05, 3.63) is 119 Å². The fourth-order valence-electron chi connectivity index (χ4n) is 10.5. The lowest BCUT2D eigenvalue weighted by molar-refractivity contribution is -0.148. The summed E-state index contributed by atoms with van der Waals surface area (Å²) in [5.74, 6) is 0.366. The fourth-order valence-corrected chi connectivity index (χ4v) is 10.5. The second kappa shape index (κ2) is 42.1. The molecule has 2 fully saturated rings. The van der Waals surface area contributed by atoms with Gasteiger partial charge in [-0.1, -0.05) is 76.2 Å². The maximum atomic E-state index is 12.8. The predicted molar refractivity (Wildman–Crippen MR) is 355 cm³/mol. The summed E-state index contributed by atoms with van der Waals surface area (Å²) in [6, 6.07) is 30.2. The third-order valence-electron chi connectivity index (χ3n) is 16.6. The van der Waals surface area contributed by atoms with Crippen molar-refractivity contribution in [2.24, 2.45) is 0 Å². The van der Waals surface area contributed by atoms with Gasteiger partial charge in [-0.3, -0.25) is 29.0 Å². The molecule has 0 aliphatic carbocycles. The Morgan fingerprint density at radius 1 is 0.426 bits per heavy atom. The summed E-state index contributed by atoms with van der Waals surface area (Å²) in [7, 11) is 0. The number of hydrogen-bond acceptors (Lipinski definition) is 24. The van der Waals surface area contributed by atoms with E-state index in [4.69, 9.17) is 37.9 Å². The molecule has 9 N–H and O–H groups in total. The number of nitrogens with zero attached hydrogens (tertiary/aromatic N) is 3. The minimum absolute atomic E-state index is 0.00275. The number of piperazine rings is 2. The van der Waals surface area contributed by atoms with Crippen LogP contribution >= 0.6 is 0 Å². The molecule has 94 heavy (non-hydrogen) atoms. The minimum Gasteiger partial charge on any atom is -0.491 e. The van der Waals surface area contributed by atoms with Crippen LogP contribution in [0.5, 0.6) is 23.0 Å². The van der Waals surface area contributed by atoms with Crippen LogP contribution < -0.4 is 40.2 Å². The van der Waals surface area contributed by atoms with Gasteiger partial charge < -0.3 is 89.6 Å². The van der Waals surface area contributed by atoms with E-state index in [1.807, 2.05) is 102 Å². The number of nitrogens with one attached hydrogen (secondary N) is 4. The second-order valence-electron chi connectivity index (χ2n) is 24.9.